The molecule has 0 aromatic heterocycles. The molecule has 2 aromatic carbocycles. The van der Waals surface area contributed by atoms with Crippen LogP contribution in [0.2, 0.25) is 0 Å². The van der Waals surface area contributed by atoms with E-state index in [0.717, 1.165) is 11.6 Å². The van der Waals surface area contributed by atoms with Gasteiger partial charge in [-0.3, -0.25) is 4.79 Å². The first kappa shape index (κ1) is 13.8. The molecule has 0 radical (unpaired) electrons. The lowest BCUT2D eigenvalue weighted by Crippen LogP contribution is -1.99. The number of ether oxygens (including phenoxy) is 1. The molecule has 0 heterocycles. The number of carbonyl (C=O) groups is 1. The fourth-order valence-electron chi connectivity index (χ4n) is 1.67. The molecule has 2 rings (SSSR count). The Morgan fingerprint density at radius 2 is 1.95 bits per heavy atom. The molecule has 2 aromatic rings. The minimum Gasteiger partial charge on any atom is -0.486 e. The molecule has 4 heteroatoms. The minimum atomic E-state index is -0.564. The topological polar surface area (TPSA) is 50.1 Å². The number of carbonyl (C=O) groups excluding carboxylic acids is 1. The lowest BCUT2D eigenvalue weighted by Gasteiger charge is -2.08. The van der Waals surface area contributed by atoms with Crippen molar-refractivity contribution < 1.29 is 13.9 Å². The average molecular weight is 269 g/mol. The van der Waals surface area contributed by atoms with Crippen LogP contribution in [-0.4, -0.2) is 5.78 Å². The number of Topliss-reactive ketones (excluding diaryl/α,β-unsaturated/α-hetero) is 1. The molecule has 0 aliphatic rings. The van der Waals surface area contributed by atoms with Crippen molar-refractivity contribution in [2.75, 3.05) is 0 Å². The van der Waals surface area contributed by atoms with Gasteiger partial charge < -0.3 is 4.74 Å². The maximum Gasteiger partial charge on any atom is 0.165 e. The summed E-state index contributed by atoms with van der Waals surface area (Å²) in [6, 6.07) is 13.0. The number of nitrogens with zero attached hydrogens (tertiary/aromatic N) is 1. The van der Waals surface area contributed by atoms with Crippen molar-refractivity contribution in [2.24, 2.45) is 0 Å². The Hall–Kier alpha value is -2.67. The quantitative estimate of drug-likeness (QED) is 0.798. The van der Waals surface area contributed by atoms with Crippen LogP contribution in [0.25, 0.3) is 0 Å². The standard InChI is InChI=1S/C16H12FNO2/c1-11(19)14-6-7-16(15(17)8-14)20-10-13-4-2-12(9-18)3-5-13/h2-8H,10H2,1H3. The number of rotatable bonds is 4. The van der Waals surface area contributed by atoms with Crippen LogP contribution in [0.5, 0.6) is 5.75 Å². The number of ketones is 1. The molecule has 0 saturated heterocycles. The van der Waals surface area contributed by atoms with Crippen molar-refractivity contribution in [3.8, 4) is 11.8 Å². The zero-order chi connectivity index (χ0) is 14.5. The second-order valence-corrected chi connectivity index (χ2v) is 4.30. The van der Waals surface area contributed by atoms with Gasteiger partial charge in [0.1, 0.15) is 6.61 Å². The van der Waals surface area contributed by atoms with Gasteiger partial charge in [-0.25, -0.2) is 4.39 Å². The smallest absolute Gasteiger partial charge is 0.165 e. The predicted molar refractivity (Wildman–Crippen MR) is 71.9 cm³/mol. The van der Waals surface area contributed by atoms with Crippen molar-refractivity contribution in [3.63, 3.8) is 0 Å². The lowest BCUT2D eigenvalue weighted by atomic mass is 10.1. The van der Waals surface area contributed by atoms with E-state index < -0.39 is 5.82 Å². The maximum atomic E-state index is 13.7. The Kier molecular flexibility index (Phi) is 4.11. The molecule has 3 nitrogen and oxygen atoms in total. The van der Waals surface area contributed by atoms with Gasteiger partial charge >= 0.3 is 0 Å². The fourth-order valence-corrected chi connectivity index (χ4v) is 1.67. The van der Waals surface area contributed by atoms with Crippen molar-refractivity contribution >= 4 is 5.78 Å². The SMILES string of the molecule is CC(=O)c1ccc(OCc2ccc(C#N)cc2)c(F)c1. The van der Waals surface area contributed by atoms with Crippen LogP contribution >= 0.6 is 0 Å². The molecule has 20 heavy (non-hydrogen) atoms. The Morgan fingerprint density at radius 3 is 2.50 bits per heavy atom. The van der Waals surface area contributed by atoms with Gasteiger partial charge in [0.2, 0.25) is 0 Å². The number of benzene rings is 2. The van der Waals surface area contributed by atoms with Gasteiger partial charge in [-0.05, 0) is 42.8 Å². The third-order valence-electron chi connectivity index (χ3n) is 2.82. The summed E-state index contributed by atoms with van der Waals surface area (Å²) in [5, 5.41) is 8.69. The summed E-state index contributed by atoms with van der Waals surface area (Å²) in [4.78, 5) is 11.1. The molecule has 0 spiro atoms. The van der Waals surface area contributed by atoms with Crippen molar-refractivity contribution in [1.29, 1.82) is 5.26 Å². The average Bonchev–Trinajstić information content (AvgIpc) is 2.46. The number of hydrogen-bond acceptors (Lipinski definition) is 3. The third-order valence-corrected chi connectivity index (χ3v) is 2.82. The van der Waals surface area contributed by atoms with Crippen LogP contribution in [0.1, 0.15) is 28.4 Å². The van der Waals surface area contributed by atoms with E-state index in [4.69, 9.17) is 10.00 Å². The third kappa shape index (κ3) is 3.21. The Morgan fingerprint density at radius 1 is 1.25 bits per heavy atom. The van der Waals surface area contributed by atoms with E-state index in [2.05, 4.69) is 0 Å². The molecule has 100 valence electrons. The highest BCUT2D eigenvalue weighted by molar-refractivity contribution is 5.94. The highest BCUT2D eigenvalue weighted by Gasteiger charge is 2.07. The summed E-state index contributed by atoms with van der Waals surface area (Å²) in [6.07, 6.45) is 0. The van der Waals surface area contributed by atoms with Crippen LogP contribution in [-0.2, 0) is 6.61 Å². The maximum absolute atomic E-state index is 13.7. The van der Waals surface area contributed by atoms with E-state index >= 15 is 0 Å². The summed E-state index contributed by atoms with van der Waals surface area (Å²) in [5.74, 6) is -0.659. The molecule has 0 bridgehead atoms. The van der Waals surface area contributed by atoms with E-state index in [9.17, 15) is 9.18 Å². The van der Waals surface area contributed by atoms with E-state index in [-0.39, 0.29) is 18.1 Å². The molecular formula is C16H12FNO2. The van der Waals surface area contributed by atoms with Gasteiger partial charge in [0.25, 0.3) is 0 Å². The minimum absolute atomic E-state index is 0.0966. The van der Waals surface area contributed by atoms with Gasteiger partial charge in [0.15, 0.2) is 17.3 Å². The van der Waals surface area contributed by atoms with Gasteiger partial charge in [0.05, 0.1) is 11.6 Å². The number of hydrogen-bond donors (Lipinski definition) is 0. The number of nitriles is 1. The zero-order valence-electron chi connectivity index (χ0n) is 10.9. The normalized spacial score (nSPS) is 9.85. The number of halogens is 1. The van der Waals surface area contributed by atoms with E-state index in [1.807, 2.05) is 6.07 Å². The molecular weight excluding hydrogens is 257 g/mol. The monoisotopic (exact) mass is 269 g/mol. The molecule has 0 fully saturated rings. The molecule has 0 saturated carbocycles. The first-order chi connectivity index (χ1) is 9.60. The second-order valence-electron chi connectivity index (χ2n) is 4.30. The predicted octanol–water partition coefficient (Wildman–Crippen LogP) is 3.48. The van der Waals surface area contributed by atoms with Gasteiger partial charge in [-0.2, -0.15) is 5.26 Å². The first-order valence-corrected chi connectivity index (χ1v) is 6.02. The second kappa shape index (κ2) is 5.98. The molecule has 0 N–H and O–H groups in total. The summed E-state index contributed by atoms with van der Waals surface area (Å²) in [5.41, 5.74) is 1.71. The van der Waals surface area contributed by atoms with Crippen LogP contribution in [0, 0.1) is 17.1 Å². The van der Waals surface area contributed by atoms with E-state index in [0.29, 0.717) is 11.1 Å². The van der Waals surface area contributed by atoms with E-state index in [1.165, 1.54) is 19.1 Å². The van der Waals surface area contributed by atoms with Crippen molar-refractivity contribution in [3.05, 3.63) is 65.0 Å². The fraction of sp³-hybridized carbons (Fsp3) is 0.125. The largest absolute Gasteiger partial charge is 0.486 e. The van der Waals surface area contributed by atoms with Gasteiger partial charge in [0, 0.05) is 5.56 Å². The summed E-state index contributed by atoms with van der Waals surface area (Å²) >= 11 is 0. The van der Waals surface area contributed by atoms with Crippen LogP contribution < -0.4 is 4.74 Å². The highest BCUT2D eigenvalue weighted by Crippen LogP contribution is 2.20. The van der Waals surface area contributed by atoms with Crippen molar-refractivity contribution in [1.82, 2.24) is 0 Å². The van der Waals surface area contributed by atoms with Crippen LogP contribution in [0.4, 0.5) is 4.39 Å². The molecule has 0 aliphatic heterocycles. The Balaban J connectivity index is 2.07. The Bertz CT molecular complexity index is 672. The lowest BCUT2D eigenvalue weighted by molar-refractivity contribution is 0.101. The van der Waals surface area contributed by atoms with Crippen LogP contribution in [0.3, 0.4) is 0 Å². The highest BCUT2D eigenvalue weighted by atomic mass is 19.1. The molecule has 0 unspecified atom stereocenters. The van der Waals surface area contributed by atoms with Gasteiger partial charge in [-0.15, -0.1) is 0 Å². The summed E-state index contributed by atoms with van der Waals surface area (Å²) in [7, 11) is 0. The molecule has 0 amide bonds. The van der Waals surface area contributed by atoms with Crippen molar-refractivity contribution in [2.45, 2.75) is 13.5 Å². The zero-order valence-corrected chi connectivity index (χ0v) is 10.9. The summed E-state index contributed by atoms with van der Waals surface area (Å²) in [6.45, 7) is 1.58. The Labute approximate surface area is 116 Å². The van der Waals surface area contributed by atoms with E-state index in [1.54, 1.807) is 24.3 Å². The van der Waals surface area contributed by atoms with Crippen LogP contribution in [0.15, 0.2) is 42.5 Å². The molecule has 0 aliphatic carbocycles. The first-order valence-electron chi connectivity index (χ1n) is 6.02. The molecule has 0 atom stereocenters. The van der Waals surface area contributed by atoms with Gasteiger partial charge in [-0.1, -0.05) is 12.1 Å². The summed E-state index contributed by atoms with van der Waals surface area (Å²) < 4.78 is 19.1.